The van der Waals surface area contributed by atoms with Gasteiger partial charge in [0.2, 0.25) is 5.91 Å². The SMILES string of the molecule is CC(=O)Nc1ccc(C(=O)Nc2cc(-n3cncn3)ncn2)cc1. The normalized spacial score (nSPS) is 10.2. The zero-order valence-corrected chi connectivity index (χ0v) is 12.7. The number of nitrogens with zero attached hydrogens (tertiary/aromatic N) is 5. The Morgan fingerprint density at radius 1 is 1.04 bits per heavy atom. The van der Waals surface area contributed by atoms with Crippen molar-refractivity contribution >= 4 is 23.3 Å². The zero-order valence-electron chi connectivity index (χ0n) is 12.7. The highest BCUT2D eigenvalue weighted by Gasteiger charge is 2.09. The predicted molar refractivity (Wildman–Crippen MR) is 85.6 cm³/mol. The molecule has 120 valence electrons. The summed E-state index contributed by atoms with van der Waals surface area (Å²) in [5, 5.41) is 9.29. The van der Waals surface area contributed by atoms with Crippen LogP contribution in [0.25, 0.3) is 5.82 Å². The summed E-state index contributed by atoms with van der Waals surface area (Å²) in [5.74, 6) is 0.326. The fourth-order valence-electron chi connectivity index (χ4n) is 1.96. The number of aromatic nitrogens is 5. The Hall–Kier alpha value is -3.62. The Labute approximate surface area is 136 Å². The van der Waals surface area contributed by atoms with Gasteiger partial charge in [-0.15, -0.1) is 0 Å². The predicted octanol–water partition coefficient (Wildman–Crippen LogP) is 1.27. The average Bonchev–Trinajstić information content (AvgIpc) is 3.10. The van der Waals surface area contributed by atoms with Gasteiger partial charge in [0.25, 0.3) is 5.91 Å². The quantitative estimate of drug-likeness (QED) is 0.747. The molecule has 2 heterocycles. The Kier molecular flexibility index (Phi) is 4.23. The molecule has 0 unspecified atom stereocenters. The Bertz CT molecular complexity index is 860. The molecule has 3 rings (SSSR count). The lowest BCUT2D eigenvalue weighted by atomic mass is 10.2. The second-order valence-corrected chi connectivity index (χ2v) is 4.81. The number of benzene rings is 1. The average molecular weight is 323 g/mol. The van der Waals surface area contributed by atoms with Gasteiger partial charge in [-0.2, -0.15) is 5.10 Å². The van der Waals surface area contributed by atoms with Gasteiger partial charge >= 0.3 is 0 Å². The van der Waals surface area contributed by atoms with E-state index < -0.39 is 0 Å². The molecule has 0 aliphatic rings. The fourth-order valence-corrected chi connectivity index (χ4v) is 1.96. The minimum absolute atomic E-state index is 0.172. The molecule has 2 amide bonds. The second-order valence-electron chi connectivity index (χ2n) is 4.81. The summed E-state index contributed by atoms with van der Waals surface area (Å²) >= 11 is 0. The first-order valence-electron chi connectivity index (χ1n) is 6.98. The van der Waals surface area contributed by atoms with Crippen molar-refractivity contribution in [1.82, 2.24) is 24.7 Å². The van der Waals surface area contributed by atoms with E-state index in [-0.39, 0.29) is 11.8 Å². The maximum Gasteiger partial charge on any atom is 0.256 e. The topological polar surface area (TPSA) is 115 Å². The Morgan fingerprint density at radius 3 is 2.50 bits per heavy atom. The molecule has 1 aromatic carbocycles. The molecule has 0 radical (unpaired) electrons. The Morgan fingerprint density at radius 2 is 1.83 bits per heavy atom. The van der Waals surface area contributed by atoms with E-state index in [4.69, 9.17) is 0 Å². The van der Waals surface area contributed by atoms with Crippen LogP contribution in [0.3, 0.4) is 0 Å². The third-order valence-electron chi connectivity index (χ3n) is 3.02. The first-order chi connectivity index (χ1) is 11.6. The maximum atomic E-state index is 12.3. The van der Waals surface area contributed by atoms with Crippen LogP contribution >= 0.6 is 0 Å². The molecule has 0 aliphatic carbocycles. The molecule has 3 aromatic rings. The summed E-state index contributed by atoms with van der Waals surface area (Å²) in [6, 6.07) is 8.10. The highest BCUT2D eigenvalue weighted by Crippen LogP contribution is 2.12. The van der Waals surface area contributed by atoms with Crippen molar-refractivity contribution in [1.29, 1.82) is 0 Å². The van der Waals surface area contributed by atoms with Gasteiger partial charge in [0.1, 0.15) is 24.8 Å². The molecule has 0 saturated carbocycles. The van der Waals surface area contributed by atoms with Crippen LogP contribution in [0.1, 0.15) is 17.3 Å². The van der Waals surface area contributed by atoms with Crippen LogP contribution < -0.4 is 10.6 Å². The number of anilines is 2. The lowest BCUT2D eigenvalue weighted by Gasteiger charge is -2.07. The lowest BCUT2D eigenvalue weighted by Crippen LogP contribution is -2.14. The van der Waals surface area contributed by atoms with Crippen LogP contribution in [0.2, 0.25) is 0 Å². The summed E-state index contributed by atoms with van der Waals surface area (Å²) in [6.07, 6.45) is 4.21. The summed E-state index contributed by atoms with van der Waals surface area (Å²) in [4.78, 5) is 35.1. The minimum Gasteiger partial charge on any atom is -0.326 e. The van der Waals surface area contributed by atoms with Crippen LogP contribution in [0.15, 0.2) is 49.3 Å². The van der Waals surface area contributed by atoms with Gasteiger partial charge in [-0.1, -0.05) is 0 Å². The summed E-state index contributed by atoms with van der Waals surface area (Å²) in [5.41, 5.74) is 1.06. The zero-order chi connectivity index (χ0) is 16.9. The number of carbonyl (C=O) groups is 2. The van der Waals surface area contributed by atoms with E-state index in [1.54, 1.807) is 30.3 Å². The van der Waals surface area contributed by atoms with E-state index in [9.17, 15) is 9.59 Å². The fraction of sp³-hybridized carbons (Fsp3) is 0.0667. The van der Waals surface area contributed by atoms with Gasteiger partial charge in [0, 0.05) is 24.2 Å². The largest absolute Gasteiger partial charge is 0.326 e. The summed E-state index contributed by atoms with van der Waals surface area (Å²) in [6.45, 7) is 1.42. The van der Waals surface area contributed by atoms with Crippen molar-refractivity contribution in [3.8, 4) is 5.82 Å². The lowest BCUT2D eigenvalue weighted by molar-refractivity contribution is -0.114. The number of hydrogen-bond donors (Lipinski definition) is 2. The van der Waals surface area contributed by atoms with Gasteiger partial charge in [-0.25, -0.2) is 19.6 Å². The van der Waals surface area contributed by atoms with E-state index in [0.717, 1.165) is 0 Å². The highest BCUT2D eigenvalue weighted by molar-refractivity contribution is 6.04. The molecule has 9 heteroatoms. The minimum atomic E-state index is -0.326. The van der Waals surface area contributed by atoms with E-state index >= 15 is 0 Å². The monoisotopic (exact) mass is 323 g/mol. The van der Waals surface area contributed by atoms with E-state index in [2.05, 4.69) is 30.7 Å². The van der Waals surface area contributed by atoms with Crippen molar-refractivity contribution in [3.63, 3.8) is 0 Å². The molecular weight excluding hydrogens is 310 g/mol. The van der Waals surface area contributed by atoms with Crippen LogP contribution in [0, 0.1) is 0 Å². The van der Waals surface area contributed by atoms with Crippen molar-refractivity contribution in [3.05, 3.63) is 54.9 Å². The van der Waals surface area contributed by atoms with Gasteiger partial charge in [-0.05, 0) is 24.3 Å². The molecule has 2 aromatic heterocycles. The first-order valence-corrected chi connectivity index (χ1v) is 6.98. The van der Waals surface area contributed by atoms with Crippen LogP contribution in [0.5, 0.6) is 0 Å². The maximum absolute atomic E-state index is 12.3. The Balaban J connectivity index is 1.73. The third-order valence-corrected chi connectivity index (χ3v) is 3.02. The standard InChI is InChI=1S/C15H13N7O2/c1-10(23)20-12-4-2-11(3-5-12)15(24)21-13-6-14(18-8-17-13)22-9-16-7-19-22/h2-9H,1H3,(H,20,23)(H,17,18,21,24). The molecule has 0 aliphatic heterocycles. The van der Waals surface area contributed by atoms with Crippen molar-refractivity contribution < 1.29 is 9.59 Å². The number of hydrogen-bond acceptors (Lipinski definition) is 6. The molecule has 0 saturated heterocycles. The molecule has 0 atom stereocenters. The van der Waals surface area contributed by atoms with Crippen LogP contribution in [-0.4, -0.2) is 36.5 Å². The number of rotatable bonds is 4. The van der Waals surface area contributed by atoms with Crippen LogP contribution in [-0.2, 0) is 4.79 Å². The molecule has 2 N–H and O–H groups in total. The van der Waals surface area contributed by atoms with Gasteiger partial charge in [-0.3, -0.25) is 9.59 Å². The van der Waals surface area contributed by atoms with Gasteiger partial charge < -0.3 is 10.6 Å². The van der Waals surface area contributed by atoms with Crippen LogP contribution in [0.4, 0.5) is 11.5 Å². The second kappa shape index (κ2) is 6.65. The van der Waals surface area contributed by atoms with E-state index in [1.165, 1.54) is 30.6 Å². The molecule has 0 spiro atoms. The number of nitrogens with one attached hydrogen (secondary N) is 2. The molecule has 0 bridgehead atoms. The van der Waals surface area contributed by atoms with Gasteiger partial charge in [0.05, 0.1) is 0 Å². The highest BCUT2D eigenvalue weighted by atomic mass is 16.2. The summed E-state index contributed by atoms with van der Waals surface area (Å²) in [7, 11) is 0. The first kappa shape index (κ1) is 15.3. The van der Waals surface area contributed by atoms with Crippen molar-refractivity contribution in [2.75, 3.05) is 10.6 Å². The summed E-state index contributed by atoms with van der Waals surface area (Å²) < 4.78 is 1.46. The third kappa shape index (κ3) is 3.58. The van der Waals surface area contributed by atoms with Crippen molar-refractivity contribution in [2.24, 2.45) is 0 Å². The van der Waals surface area contributed by atoms with Gasteiger partial charge in [0.15, 0.2) is 5.82 Å². The molecule has 9 nitrogen and oxygen atoms in total. The molecular formula is C15H13N7O2. The molecule has 24 heavy (non-hydrogen) atoms. The molecule has 0 fully saturated rings. The smallest absolute Gasteiger partial charge is 0.256 e. The number of amides is 2. The van der Waals surface area contributed by atoms with E-state index in [1.807, 2.05) is 0 Å². The number of carbonyl (C=O) groups excluding carboxylic acids is 2. The van der Waals surface area contributed by atoms with Crippen molar-refractivity contribution in [2.45, 2.75) is 6.92 Å². The van der Waals surface area contributed by atoms with E-state index in [0.29, 0.717) is 22.9 Å².